The van der Waals surface area contributed by atoms with Crippen LogP contribution in [-0.4, -0.2) is 18.7 Å². The van der Waals surface area contributed by atoms with E-state index in [1.165, 1.54) is 31.9 Å². The molecule has 0 amide bonds. The largest absolute Gasteiger partial charge is 0.416 e. The van der Waals surface area contributed by atoms with Gasteiger partial charge in [-0.3, -0.25) is 4.79 Å². The smallest absolute Gasteiger partial charge is 0.353 e. The summed E-state index contributed by atoms with van der Waals surface area (Å²) in [5, 5.41) is 2.92. The highest BCUT2D eigenvalue weighted by Gasteiger charge is 2.30. The Hall–Kier alpha value is -3.50. The SMILES string of the molecule is C=C(N/C(=C/c1ccc(-c2ccccc2)cc1)C(C)=O)c1ccc(C(F)(F)F)cc1.CCCCCC=O.CP. The molecule has 1 atom stereocenters. The van der Waals surface area contributed by atoms with Crippen molar-refractivity contribution in [1.82, 2.24) is 5.32 Å². The van der Waals surface area contributed by atoms with E-state index in [9.17, 15) is 22.8 Å². The molecule has 0 heterocycles. The molecule has 3 rings (SSSR count). The third kappa shape index (κ3) is 12.3. The Morgan fingerprint density at radius 3 is 1.95 bits per heavy atom. The van der Waals surface area contributed by atoms with Gasteiger partial charge in [0, 0.05) is 19.0 Å². The number of benzene rings is 3. The highest BCUT2D eigenvalue weighted by molar-refractivity contribution is 7.15. The number of unbranched alkanes of at least 4 members (excludes halogenated alkanes) is 3. The van der Waals surface area contributed by atoms with Gasteiger partial charge in [0.05, 0.1) is 11.3 Å². The molecule has 0 saturated carbocycles. The normalized spacial score (nSPS) is 10.8. The number of allylic oxidation sites excluding steroid dienone is 1. The van der Waals surface area contributed by atoms with E-state index in [4.69, 9.17) is 0 Å². The van der Waals surface area contributed by atoms with Crippen LogP contribution in [0.5, 0.6) is 0 Å². The molecule has 39 heavy (non-hydrogen) atoms. The second-order valence-corrected chi connectivity index (χ2v) is 8.44. The third-order valence-electron chi connectivity index (χ3n) is 5.48. The van der Waals surface area contributed by atoms with Gasteiger partial charge in [-0.15, -0.1) is 9.24 Å². The molecule has 3 aromatic carbocycles. The van der Waals surface area contributed by atoms with Crippen LogP contribution in [0.1, 0.15) is 56.2 Å². The lowest BCUT2D eigenvalue weighted by atomic mass is 10.0. The summed E-state index contributed by atoms with van der Waals surface area (Å²) in [5.74, 6) is -0.213. The monoisotopic (exact) mass is 555 g/mol. The number of rotatable bonds is 10. The summed E-state index contributed by atoms with van der Waals surface area (Å²) < 4.78 is 38.2. The average Bonchev–Trinajstić information content (AvgIpc) is 2.95. The first-order valence-corrected chi connectivity index (χ1v) is 13.8. The lowest BCUT2D eigenvalue weighted by Gasteiger charge is -2.13. The topological polar surface area (TPSA) is 46.2 Å². The molecule has 0 fully saturated rings. The molecule has 1 N–H and O–H groups in total. The quantitative estimate of drug-likeness (QED) is 0.118. The molecule has 0 aliphatic heterocycles. The Kier molecular flexibility index (Phi) is 15.4. The van der Waals surface area contributed by atoms with Gasteiger partial charge in [-0.1, -0.05) is 99.7 Å². The van der Waals surface area contributed by atoms with Crippen LogP contribution in [0, 0.1) is 0 Å². The summed E-state index contributed by atoms with van der Waals surface area (Å²) in [6.07, 6.45) is 2.48. The van der Waals surface area contributed by atoms with E-state index in [-0.39, 0.29) is 5.78 Å². The second-order valence-electron chi connectivity index (χ2n) is 8.44. The highest BCUT2D eigenvalue weighted by atomic mass is 31.0. The van der Waals surface area contributed by atoms with Gasteiger partial charge in [0.25, 0.3) is 0 Å². The number of hydrogen-bond donors (Lipinski definition) is 1. The maximum atomic E-state index is 12.7. The van der Waals surface area contributed by atoms with Crippen molar-refractivity contribution in [2.45, 2.75) is 45.7 Å². The number of halogens is 3. The van der Waals surface area contributed by atoms with Crippen molar-refractivity contribution in [3.63, 3.8) is 0 Å². The minimum absolute atomic E-state index is 0.213. The number of aldehydes is 1. The molecular formula is C32H37F3NO2P. The minimum atomic E-state index is -4.40. The lowest BCUT2D eigenvalue weighted by molar-refractivity contribution is -0.137. The first kappa shape index (κ1) is 33.5. The molecule has 208 valence electrons. The molecule has 0 radical (unpaired) electrons. The predicted octanol–water partition coefficient (Wildman–Crippen LogP) is 8.82. The number of ketones is 1. The van der Waals surface area contributed by atoms with Crippen molar-refractivity contribution < 1.29 is 22.8 Å². The zero-order valence-corrected chi connectivity index (χ0v) is 23.9. The molecule has 0 bridgehead atoms. The number of Topliss-reactive ketones (excluding diaryl/α,β-unsaturated/α-hetero) is 1. The Labute approximate surface area is 232 Å². The van der Waals surface area contributed by atoms with Gasteiger partial charge < -0.3 is 10.1 Å². The van der Waals surface area contributed by atoms with Gasteiger partial charge in [-0.25, -0.2) is 0 Å². The van der Waals surface area contributed by atoms with Crippen molar-refractivity contribution in [2.75, 3.05) is 6.66 Å². The summed E-state index contributed by atoms with van der Waals surface area (Å²) in [5.41, 5.74) is 3.33. The van der Waals surface area contributed by atoms with E-state index in [0.29, 0.717) is 17.0 Å². The van der Waals surface area contributed by atoms with Crippen molar-refractivity contribution >= 4 is 33.1 Å². The van der Waals surface area contributed by atoms with Gasteiger partial charge in [0.1, 0.15) is 6.29 Å². The molecular weight excluding hydrogens is 518 g/mol. The van der Waals surface area contributed by atoms with Crippen LogP contribution in [0.3, 0.4) is 0 Å². The zero-order chi connectivity index (χ0) is 29.3. The predicted molar refractivity (Wildman–Crippen MR) is 160 cm³/mol. The molecule has 3 nitrogen and oxygen atoms in total. The fourth-order valence-electron chi connectivity index (χ4n) is 3.37. The summed E-state index contributed by atoms with van der Waals surface area (Å²) in [6, 6.07) is 22.3. The van der Waals surface area contributed by atoms with Crippen molar-refractivity contribution in [3.05, 3.63) is 108 Å². The molecule has 1 unspecified atom stereocenters. The Bertz CT molecular complexity index is 1190. The highest BCUT2D eigenvalue weighted by Crippen LogP contribution is 2.30. The summed E-state index contributed by atoms with van der Waals surface area (Å²) >= 11 is 0. The maximum absolute atomic E-state index is 12.7. The van der Waals surface area contributed by atoms with Crippen molar-refractivity contribution in [1.29, 1.82) is 0 Å². The van der Waals surface area contributed by atoms with Crippen molar-refractivity contribution in [3.8, 4) is 11.1 Å². The van der Waals surface area contributed by atoms with Gasteiger partial charge in [0.2, 0.25) is 0 Å². The number of carbonyl (C=O) groups excluding carboxylic acids is 2. The Balaban J connectivity index is 0.000000735. The number of carbonyl (C=O) groups is 2. The third-order valence-corrected chi connectivity index (χ3v) is 5.48. The van der Waals surface area contributed by atoms with E-state index in [1.807, 2.05) is 61.3 Å². The van der Waals surface area contributed by atoms with Gasteiger partial charge in [-0.05, 0) is 46.9 Å². The maximum Gasteiger partial charge on any atom is 0.416 e. The summed E-state index contributed by atoms with van der Waals surface area (Å²) in [6.45, 7) is 9.31. The molecule has 7 heteroatoms. The van der Waals surface area contributed by atoms with E-state index < -0.39 is 11.7 Å². The van der Waals surface area contributed by atoms with Crippen LogP contribution >= 0.6 is 9.24 Å². The van der Waals surface area contributed by atoms with Crippen LogP contribution < -0.4 is 5.32 Å². The van der Waals surface area contributed by atoms with Gasteiger partial charge in [-0.2, -0.15) is 13.2 Å². The molecule has 0 spiro atoms. The van der Waals surface area contributed by atoms with Gasteiger partial charge >= 0.3 is 6.18 Å². The fourth-order valence-corrected chi connectivity index (χ4v) is 3.37. The molecule has 3 aromatic rings. The Morgan fingerprint density at radius 1 is 0.897 bits per heavy atom. The minimum Gasteiger partial charge on any atom is -0.353 e. The van der Waals surface area contributed by atoms with Gasteiger partial charge in [0.15, 0.2) is 5.78 Å². The van der Waals surface area contributed by atoms with E-state index >= 15 is 0 Å². The summed E-state index contributed by atoms with van der Waals surface area (Å²) in [7, 11) is 2.42. The van der Waals surface area contributed by atoms with Crippen LogP contribution in [0.25, 0.3) is 22.9 Å². The van der Waals surface area contributed by atoms with E-state index in [0.717, 1.165) is 48.0 Å². The lowest BCUT2D eigenvalue weighted by Crippen LogP contribution is -2.17. The molecule has 0 saturated heterocycles. The zero-order valence-electron chi connectivity index (χ0n) is 22.7. The number of alkyl halides is 3. The standard InChI is InChI=1S/C25H20F3NO.C6H12O.CH5P/c1-17(20-12-14-23(15-13-20)25(26,27)28)29-24(18(2)30)16-19-8-10-22(11-9-19)21-6-4-3-5-7-21;1-2-3-4-5-6-7;1-2/h3-16,29H,1H2,2H3;6H,2-5H2,1H3;2H2,1H3/b24-16+;;. The first-order chi connectivity index (χ1) is 18.7. The number of nitrogens with one attached hydrogen (secondary N) is 1. The van der Waals surface area contributed by atoms with E-state index in [2.05, 4.69) is 28.1 Å². The second kappa shape index (κ2) is 17.9. The number of hydrogen-bond acceptors (Lipinski definition) is 3. The van der Waals surface area contributed by atoms with Crippen LogP contribution in [0.2, 0.25) is 0 Å². The molecule has 0 aliphatic rings. The Morgan fingerprint density at radius 2 is 1.46 bits per heavy atom. The van der Waals surface area contributed by atoms with Crippen LogP contribution in [-0.2, 0) is 15.8 Å². The van der Waals surface area contributed by atoms with Crippen LogP contribution in [0.4, 0.5) is 13.2 Å². The molecule has 0 aliphatic carbocycles. The van der Waals surface area contributed by atoms with E-state index in [1.54, 1.807) is 6.08 Å². The molecule has 0 aromatic heterocycles. The fraction of sp³-hybridized carbons (Fsp3) is 0.250. The van der Waals surface area contributed by atoms with Crippen LogP contribution in [0.15, 0.2) is 91.1 Å². The average molecular weight is 556 g/mol. The van der Waals surface area contributed by atoms with Crippen molar-refractivity contribution in [2.24, 2.45) is 0 Å². The first-order valence-electron chi connectivity index (χ1n) is 12.7. The summed E-state index contributed by atoms with van der Waals surface area (Å²) in [4.78, 5) is 21.7.